The summed E-state index contributed by atoms with van der Waals surface area (Å²) in [7, 11) is 0. The summed E-state index contributed by atoms with van der Waals surface area (Å²) in [6.45, 7) is 6.26. The van der Waals surface area contributed by atoms with Crippen LogP contribution in [-0.2, 0) is 6.61 Å². The predicted molar refractivity (Wildman–Crippen MR) is 111 cm³/mol. The quantitative estimate of drug-likeness (QED) is 0.531. The number of hydrogen-bond acceptors (Lipinski definition) is 3. The van der Waals surface area contributed by atoms with Gasteiger partial charge >= 0.3 is 0 Å². The second-order valence-corrected chi connectivity index (χ2v) is 7.25. The third-order valence-electron chi connectivity index (χ3n) is 4.59. The highest BCUT2D eigenvalue weighted by Gasteiger charge is 2.17. The molecule has 5 heteroatoms. The lowest BCUT2D eigenvalue weighted by Crippen LogP contribution is -2.27. The van der Waals surface area contributed by atoms with Gasteiger partial charge in [0.15, 0.2) is 5.76 Å². The Kier molecular flexibility index (Phi) is 6.42. The summed E-state index contributed by atoms with van der Waals surface area (Å²) in [5.41, 5.74) is 3.22. The third-order valence-corrected chi connectivity index (χ3v) is 4.82. The number of halogens is 1. The lowest BCUT2D eigenvalue weighted by molar-refractivity contribution is 0.0903. The molecule has 1 amide bonds. The first-order valence-corrected chi connectivity index (χ1v) is 9.69. The van der Waals surface area contributed by atoms with Gasteiger partial charge in [-0.05, 0) is 61.7 Å². The molecule has 1 aromatic heterocycles. The van der Waals surface area contributed by atoms with Gasteiger partial charge in [0, 0.05) is 5.02 Å². The molecule has 4 nitrogen and oxygen atoms in total. The molecule has 1 unspecified atom stereocenters. The standard InChI is InChI=1S/C23H24ClNO3/c1-4-20(17-7-5-15(2)6-8-17)25-23(26)22-12-10-19(28-22)14-27-21-11-9-18(24)13-16(21)3/h5-13,20H,4,14H2,1-3H3,(H,25,26). The van der Waals surface area contributed by atoms with Crippen LogP contribution in [0.2, 0.25) is 5.02 Å². The summed E-state index contributed by atoms with van der Waals surface area (Å²) in [6.07, 6.45) is 0.793. The SMILES string of the molecule is CCC(NC(=O)c1ccc(COc2ccc(Cl)cc2C)o1)c1ccc(C)cc1. The first kappa shape index (κ1) is 20.0. The smallest absolute Gasteiger partial charge is 0.287 e. The van der Waals surface area contributed by atoms with Crippen LogP contribution in [0, 0.1) is 13.8 Å². The number of carbonyl (C=O) groups is 1. The van der Waals surface area contributed by atoms with Crippen LogP contribution < -0.4 is 10.1 Å². The van der Waals surface area contributed by atoms with Crippen molar-refractivity contribution in [1.29, 1.82) is 0 Å². The Bertz CT molecular complexity index is 947. The van der Waals surface area contributed by atoms with Gasteiger partial charge in [-0.3, -0.25) is 4.79 Å². The van der Waals surface area contributed by atoms with Gasteiger partial charge in [0.25, 0.3) is 5.91 Å². The molecule has 3 aromatic rings. The van der Waals surface area contributed by atoms with Gasteiger partial charge in [0.1, 0.15) is 18.1 Å². The van der Waals surface area contributed by atoms with Gasteiger partial charge in [0.05, 0.1) is 6.04 Å². The monoisotopic (exact) mass is 397 g/mol. The number of furan rings is 1. The molecule has 1 N–H and O–H groups in total. The van der Waals surface area contributed by atoms with Gasteiger partial charge in [-0.25, -0.2) is 0 Å². The van der Waals surface area contributed by atoms with E-state index in [-0.39, 0.29) is 24.3 Å². The molecule has 0 radical (unpaired) electrons. The summed E-state index contributed by atoms with van der Waals surface area (Å²) < 4.78 is 11.4. The van der Waals surface area contributed by atoms with Crippen molar-refractivity contribution in [2.24, 2.45) is 0 Å². The molecule has 1 heterocycles. The largest absolute Gasteiger partial charge is 0.485 e. The fourth-order valence-corrected chi connectivity index (χ4v) is 3.18. The fourth-order valence-electron chi connectivity index (χ4n) is 2.95. The minimum atomic E-state index is -0.235. The molecule has 0 aliphatic heterocycles. The van der Waals surface area contributed by atoms with Crippen molar-refractivity contribution < 1.29 is 13.9 Å². The minimum absolute atomic E-state index is 0.0605. The van der Waals surface area contributed by atoms with E-state index in [2.05, 4.69) is 5.32 Å². The number of aryl methyl sites for hydroxylation is 2. The number of benzene rings is 2. The minimum Gasteiger partial charge on any atom is -0.485 e. The van der Waals surface area contributed by atoms with Crippen molar-refractivity contribution in [3.8, 4) is 5.75 Å². The summed E-state index contributed by atoms with van der Waals surface area (Å²) >= 11 is 5.96. The average Bonchev–Trinajstić information content (AvgIpc) is 3.15. The molecule has 0 bridgehead atoms. The Morgan fingerprint density at radius 1 is 1.11 bits per heavy atom. The molecule has 146 valence electrons. The Morgan fingerprint density at radius 3 is 2.54 bits per heavy atom. The molecule has 1 atom stereocenters. The second kappa shape index (κ2) is 8.98. The van der Waals surface area contributed by atoms with Crippen LogP contribution in [0.15, 0.2) is 59.0 Å². The Balaban J connectivity index is 1.62. The van der Waals surface area contributed by atoms with E-state index in [1.807, 2.05) is 57.2 Å². The molecule has 0 saturated carbocycles. The lowest BCUT2D eigenvalue weighted by atomic mass is 10.0. The van der Waals surface area contributed by atoms with Crippen molar-refractivity contribution >= 4 is 17.5 Å². The number of nitrogens with one attached hydrogen (secondary N) is 1. The van der Waals surface area contributed by atoms with Gasteiger partial charge < -0.3 is 14.5 Å². The van der Waals surface area contributed by atoms with E-state index in [0.717, 1.165) is 23.3 Å². The van der Waals surface area contributed by atoms with Gasteiger partial charge in [-0.15, -0.1) is 0 Å². The number of rotatable bonds is 7. The maximum Gasteiger partial charge on any atom is 0.287 e. The summed E-state index contributed by atoms with van der Waals surface area (Å²) in [4.78, 5) is 12.6. The summed E-state index contributed by atoms with van der Waals surface area (Å²) in [5, 5.41) is 3.70. The molecular weight excluding hydrogens is 374 g/mol. The van der Waals surface area contributed by atoms with Crippen LogP contribution in [0.1, 0.15) is 52.4 Å². The zero-order valence-corrected chi connectivity index (χ0v) is 17.0. The van der Waals surface area contributed by atoms with Crippen molar-refractivity contribution in [1.82, 2.24) is 5.32 Å². The highest BCUT2D eigenvalue weighted by molar-refractivity contribution is 6.30. The zero-order chi connectivity index (χ0) is 20.1. The number of amides is 1. The normalized spacial score (nSPS) is 11.9. The number of ether oxygens (including phenoxy) is 1. The zero-order valence-electron chi connectivity index (χ0n) is 16.3. The molecule has 0 spiro atoms. The molecule has 3 rings (SSSR count). The van der Waals surface area contributed by atoms with E-state index in [4.69, 9.17) is 20.8 Å². The first-order chi connectivity index (χ1) is 13.5. The van der Waals surface area contributed by atoms with Crippen molar-refractivity contribution in [3.63, 3.8) is 0 Å². The van der Waals surface area contributed by atoms with Gasteiger partial charge in [-0.2, -0.15) is 0 Å². The van der Waals surface area contributed by atoms with E-state index in [9.17, 15) is 4.79 Å². The van der Waals surface area contributed by atoms with Crippen LogP contribution in [0.25, 0.3) is 0 Å². The Labute approximate surface area is 170 Å². The first-order valence-electron chi connectivity index (χ1n) is 9.31. The topological polar surface area (TPSA) is 51.5 Å². The van der Waals surface area contributed by atoms with Crippen LogP contribution >= 0.6 is 11.6 Å². The van der Waals surface area contributed by atoms with E-state index >= 15 is 0 Å². The Hall–Kier alpha value is -2.72. The lowest BCUT2D eigenvalue weighted by Gasteiger charge is -2.17. The molecule has 0 aliphatic rings. The van der Waals surface area contributed by atoms with E-state index in [1.54, 1.807) is 18.2 Å². The second-order valence-electron chi connectivity index (χ2n) is 6.81. The van der Waals surface area contributed by atoms with Crippen LogP contribution in [0.4, 0.5) is 0 Å². The predicted octanol–water partition coefficient (Wildman–Crippen LogP) is 6.01. The molecule has 28 heavy (non-hydrogen) atoms. The van der Waals surface area contributed by atoms with Gasteiger partial charge in [-0.1, -0.05) is 48.4 Å². The van der Waals surface area contributed by atoms with Crippen LogP contribution in [0.3, 0.4) is 0 Å². The third kappa shape index (κ3) is 4.96. The van der Waals surface area contributed by atoms with E-state index < -0.39 is 0 Å². The Morgan fingerprint density at radius 2 is 1.86 bits per heavy atom. The van der Waals surface area contributed by atoms with Crippen LogP contribution in [-0.4, -0.2) is 5.91 Å². The van der Waals surface area contributed by atoms with Crippen molar-refractivity contribution in [2.45, 2.75) is 39.8 Å². The average molecular weight is 398 g/mol. The number of hydrogen-bond donors (Lipinski definition) is 1. The fraction of sp³-hybridized carbons (Fsp3) is 0.261. The molecular formula is C23H24ClNO3. The van der Waals surface area contributed by atoms with E-state index in [0.29, 0.717) is 10.8 Å². The molecule has 0 aliphatic carbocycles. The highest BCUT2D eigenvalue weighted by Crippen LogP contribution is 2.23. The van der Waals surface area contributed by atoms with E-state index in [1.165, 1.54) is 5.56 Å². The van der Waals surface area contributed by atoms with Crippen molar-refractivity contribution in [2.75, 3.05) is 0 Å². The molecule has 0 saturated heterocycles. The highest BCUT2D eigenvalue weighted by atomic mass is 35.5. The van der Waals surface area contributed by atoms with Crippen LogP contribution in [0.5, 0.6) is 5.75 Å². The summed E-state index contributed by atoms with van der Waals surface area (Å²) in [6, 6.07) is 17.0. The molecule has 0 fully saturated rings. The maximum absolute atomic E-state index is 12.6. The maximum atomic E-state index is 12.6. The summed E-state index contributed by atoms with van der Waals surface area (Å²) in [5.74, 6) is 1.36. The van der Waals surface area contributed by atoms with Crippen molar-refractivity contribution in [3.05, 3.63) is 87.8 Å². The number of carbonyl (C=O) groups excluding carboxylic acids is 1. The molecule has 2 aromatic carbocycles. The van der Waals surface area contributed by atoms with Gasteiger partial charge in [0.2, 0.25) is 0 Å².